The number of benzene rings is 2. The summed E-state index contributed by atoms with van der Waals surface area (Å²) in [6.07, 6.45) is -0.395. The van der Waals surface area contributed by atoms with Crippen LogP contribution in [0.15, 0.2) is 48.5 Å². The highest BCUT2D eigenvalue weighted by Gasteiger charge is 2.24. The molecule has 0 unspecified atom stereocenters. The number of nitro benzene ring substituents is 1. The van der Waals surface area contributed by atoms with Crippen molar-refractivity contribution in [3.63, 3.8) is 0 Å². The second-order valence-corrected chi connectivity index (χ2v) is 5.54. The van der Waals surface area contributed by atoms with Crippen molar-refractivity contribution < 1.29 is 19.2 Å². The molecule has 7 nitrogen and oxygen atoms in total. The van der Waals surface area contributed by atoms with Crippen LogP contribution in [0.3, 0.4) is 0 Å². The number of ether oxygens (including phenoxy) is 1. The molecular weight excluding hydrogens is 324 g/mol. The van der Waals surface area contributed by atoms with E-state index in [4.69, 9.17) is 4.74 Å². The maximum atomic E-state index is 12.4. The molecule has 0 saturated carbocycles. The van der Waals surface area contributed by atoms with E-state index in [2.05, 4.69) is 0 Å². The van der Waals surface area contributed by atoms with Gasteiger partial charge in [0.2, 0.25) is 0 Å². The first kappa shape index (κ1) is 18.1. The molecule has 0 aliphatic heterocycles. The fourth-order valence-corrected chi connectivity index (χ4v) is 2.34. The van der Waals surface area contributed by atoms with Crippen LogP contribution in [0.4, 0.5) is 5.69 Å². The van der Waals surface area contributed by atoms with E-state index in [1.807, 2.05) is 30.3 Å². The van der Waals surface area contributed by atoms with Gasteiger partial charge in [0, 0.05) is 25.2 Å². The lowest BCUT2D eigenvalue weighted by Crippen LogP contribution is -2.37. The Morgan fingerprint density at radius 2 is 1.96 bits per heavy atom. The highest BCUT2D eigenvalue weighted by Crippen LogP contribution is 2.28. The molecule has 0 heterocycles. The van der Waals surface area contributed by atoms with Gasteiger partial charge in [-0.3, -0.25) is 19.7 Å². The third kappa shape index (κ3) is 4.63. The summed E-state index contributed by atoms with van der Waals surface area (Å²) < 4.78 is 5.48. The Labute approximate surface area is 145 Å². The topological polar surface area (TPSA) is 89.7 Å². The molecule has 0 aromatic heterocycles. The predicted molar refractivity (Wildman–Crippen MR) is 91.5 cm³/mol. The van der Waals surface area contributed by atoms with Gasteiger partial charge in [-0.2, -0.15) is 0 Å². The fraction of sp³-hybridized carbons (Fsp3) is 0.222. The maximum Gasteiger partial charge on any atom is 0.311 e. The monoisotopic (exact) mass is 342 g/mol. The summed E-state index contributed by atoms with van der Waals surface area (Å²) in [6.45, 7) is 1.93. The average Bonchev–Trinajstić information content (AvgIpc) is 2.61. The van der Waals surface area contributed by atoms with Crippen molar-refractivity contribution in [2.24, 2.45) is 0 Å². The first-order valence-electron chi connectivity index (χ1n) is 7.61. The largest absolute Gasteiger partial charge is 0.474 e. The highest BCUT2D eigenvalue weighted by molar-refractivity contribution is 5.81. The van der Waals surface area contributed by atoms with Gasteiger partial charge in [0.05, 0.1) is 4.92 Å². The molecule has 0 bridgehead atoms. The molecule has 1 amide bonds. The van der Waals surface area contributed by atoms with E-state index < -0.39 is 11.0 Å². The van der Waals surface area contributed by atoms with Gasteiger partial charge >= 0.3 is 5.69 Å². The van der Waals surface area contributed by atoms with Crippen LogP contribution in [0.1, 0.15) is 22.8 Å². The molecule has 1 atom stereocenters. The minimum absolute atomic E-state index is 0.0513. The van der Waals surface area contributed by atoms with Gasteiger partial charge in [-0.25, -0.2) is 0 Å². The van der Waals surface area contributed by atoms with Crippen LogP contribution in [0.2, 0.25) is 0 Å². The van der Waals surface area contributed by atoms with Crippen LogP contribution in [0.5, 0.6) is 5.75 Å². The molecule has 130 valence electrons. The molecule has 2 aromatic carbocycles. The Morgan fingerprint density at radius 3 is 2.56 bits per heavy atom. The summed E-state index contributed by atoms with van der Waals surface area (Å²) >= 11 is 0. The normalized spacial score (nSPS) is 11.4. The van der Waals surface area contributed by atoms with Gasteiger partial charge in [-0.1, -0.05) is 30.3 Å². The van der Waals surface area contributed by atoms with Crippen LogP contribution in [0.25, 0.3) is 0 Å². The van der Waals surface area contributed by atoms with Crippen LogP contribution >= 0.6 is 0 Å². The number of rotatable bonds is 7. The number of carbonyl (C=O) groups excluding carboxylic acids is 2. The minimum Gasteiger partial charge on any atom is -0.474 e. The third-order valence-electron chi connectivity index (χ3n) is 3.61. The van der Waals surface area contributed by atoms with Gasteiger partial charge in [-0.05, 0) is 24.6 Å². The van der Waals surface area contributed by atoms with Gasteiger partial charge in [0.1, 0.15) is 6.29 Å². The first-order valence-corrected chi connectivity index (χ1v) is 7.61. The van der Waals surface area contributed by atoms with Crippen molar-refractivity contribution in [1.29, 1.82) is 0 Å². The summed E-state index contributed by atoms with van der Waals surface area (Å²) in [5, 5.41) is 11.1. The summed E-state index contributed by atoms with van der Waals surface area (Å²) in [7, 11) is 1.64. The maximum absolute atomic E-state index is 12.4. The van der Waals surface area contributed by atoms with Gasteiger partial charge < -0.3 is 9.64 Å². The lowest BCUT2D eigenvalue weighted by atomic mass is 10.2. The lowest BCUT2D eigenvalue weighted by Gasteiger charge is -2.22. The van der Waals surface area contributed by atoms with Crippen LogP contribution < -0.4 is 4.74 Å². The zero-order valence-corrected chi connectivity index (χ0v) is 13.9. The second-order valence-electron chi connectivity index (χ2n) is 5.54. The molecule has 2 rings (SSSR count). The molecule has 7 heteroatoms. The Balaban J connectivity index is 2.10. The molecule has 0 aliphatic rings. The molecule has 0 spiro atoms. The van der Waals surface area contributed by atoms with E-state index in [-0.39, 0.29) is 22.9 Å². The first-order chi connectivity index (χ1) is 11.9. The zero-order chi connectivity index (χ0) is 18.4. The number of nitrogens with zero attached hydrogens (tertiary/aromatic N) is 2. The third-order valence-corrected chi connectivity index (χ3v) is 3.61. The Bertz CT molecular complexity index is 776. The molecule has 0 aliphatic carbocycles. The van der Waals surface area contributed by atoms with E-state index in [1.54, 1.807) is 7.05 Å². The quantitative estimate of drug-likeness (QED) is 0.438. The van der Waals surface area contributed by atoms with E-state index in [9.17, 15) is 19.7 Å². The number of amides is 1. The van der Waals surface area contributed by atoms with Crippen LogP contribution in [0, 0.1) is 10.1 Å². The van der Waals surface area contributed by atoms with Crippen LogP contribution in [-0.4, -0.2) is 35.2 Å². The Morgan fingerprint density at radius 1 is 1.28 bits per heavy atom. The standard InChI is InChI=1S/C18H18N2O5/c1-13(18(22)19(2)11-14-6-4-3-5-7-14)25-17-9-8-15(12-21)10-16(17)20(23)24/h3-10,12-13H,11H2,1-2H3/t13-/m1/s1. The van der Waals surface area contributed by atoms with Crippen molar-refractivity contribution in [2.75, 3.05) is 7.05 Å². The highest BCUT2D eigenvalue weighted by atomic mass is 16.6. The minimum atomic E-state index is -0.908. The van der Waals surface area contributed by atoms with Crippen molar-refractivity contribution in [1.82, 2.24) is 4.90 Å². The molecule has 0 saturated heterocycles. The summed E-state index contributed by atoms with van der Waals surface area (Å²) in [5.41, 5.74) is 0.779. The second kappa shape index (κ2) is 8.05. The zero-order valence-electron chi connectivity index (χ0n) is 13.9. The number of likely N-dealkylation sites (N-methyl/N-ethyl adjacent to an activating group) is 1. The number of aldehydes is 1. The van der Waals surface area contributed by atoms with Gasteiger partial charge in [0.15, 0.2) is 11.9 Å². The molecule has 0 N–H and O–H groups in total. The molecule has 2 aromatic rings. The predicted octanol–water partition coefficient (Wildman–Crippen LogP) is 2.83. The Kier molecular flexibility index (Phi) is 5.84. The average molecular weight is 342 g/mol. The van der Waals surface area contributed by atoms with Crippen molar-refractivity contribution in [3.8, 4) is 5.75 Å². The van der Waals surface area contributed by atoms with Crippen molar-refractivity contribution >= 4 is 17.9 Å². The molecular formula is C18H18N2O5. The summed E-state index contributed by atoms with van der Waals surface area (Å²) in [4.78, 5) is 35.2. The van der Waals surface area contributed by atoms with Gasteiger partial charge in [-0.15, -0.1) is 0 Å². The molecule has 0 fully saturated rings. The SMILES string of the molecule is C[C@@H](Oc1ccc(C=O)cc1[N+](=O)[O-])C(=O)N(C)Cc1ccccc1. The lowest BCUT2D eigenvalue weighted by molar-refractivity contribution is -0.386. The van der Waals surface area contributed by atoms with Gasteiger partial charge in [0.25, 0.3) is 5.91 Å². The van der Waals surface area contributed by atoms with Crippen molar-refractivity contribution in [3.05, 3.63) is 69.8 Å². The number of carbonyl (C=O) groups is 2. The van der Waals surface area contributed by atoms with E-state index >= 15 is 0 Å². The molecule has 0 radical (unpaired) electrons. The molecule has 25 heavy (non-hydrogen) atoms. The summed E-state index contributed by atoms with van der Waals surface area (Å²) in [6, 6.07) is 13.3. The number of nitro groups is 1. The van der Waals surface area contributed by atoms with E-state index in [1.165, 1.54) is 24.0 Å². The number of hydrogen-bond donors (Lipinski definition) is 0. The number of hydrogen-bond acceptors (Lipinski definition) is 5. The fourth-order valence-electron chi connectivity index (χ4n) is 2.34. The summed E-state index contributed by atoms with van der Waals surface area (Å²) in [5.74, 6) is -0.359. The van der Waals surface area contributed by atoms with Crippen molar-refractivity contribution in [2.45, 2.75) is 19.6 Å². The van der Waals surface area contributed by atoms with Crippen LogP contribution in [-0.2, 0) is 11.3 Å². The van der Waals surface area contributed by atoms with E-state index in [0.717, 1.165) is 11.6 Å². The Hall–Kier alpha value is -3.22. The smallest absolute Gasteiger partial charge is 0.311 e. The van der Waals surface area contributed by atoms with E-state index in [0.29, 0.717) is 12.8 Å².